The van der Waals surface area contributed by atoms with Crippen LogP contribution in [-0.2, 0) is 4.79 Å². The first-order chi connectivity index (χ1) is 10.1. The van der Waals surface area contributed by atoms with Gasteiger partial charge in [-0.1, -0.05) is 40.9 Å². The summed E-state index contributed by atoms with van der Waals surface area (Å²) in [6.45, 7) is 0. The van der Waals surface area contributed by atoms with E-state index in [0.29, 0.717) is 0 Å². The molecule has 21 heavy (non-hydrogen) atoms. The van der Waals surface area contributed by atoms with Gasteiger partial charge in [0.15, 0.2) is 0 Å². The normalized spacial score (nSPS) is 22.2. The molecule has 0 bridgehead atoms. The van der Waals surface area contributed by atoms with Gasteiger partial charge in [-0.15, -0.1) is 0 Å². The lowest BCUT2D eigenvalue weighted by atomic mass is 9.84. The van der Waals surface area contributed by atoms with Gasteiger partial charge in [-0.25, -0.2) is 0 Å². The van der Waals surface area contributed by atoms with Crippen molar-refractivity contribution in [2.75, 3.05) is 5.32 Å². The molecule has 110 valence electrons. The van der Waals surface area contributed by atoms with Crippen molar-refractivity contribution in [2.45, 2.75) is 31.7 Å². The van der Waals surface area contributed by atoms with Crippen LogP contribution < -0.4 is 11.1 Å². The van der Waals surface area contributed by atoms with E-state index in [4.69, 9.17) is 5.73 Å². The number of halogens is 1. The predicted molar refractivity (Wildman–Crippen MR) is 90.2 cm³/mol. The third kappa shape index (κ3) is 3.27. The number of carbonyl (C=O) groups is 1. The number of fused-ring (bicyclic) bond motifs is 1. The van der Waals surface area contributed by atoms with Crippen LogP contribution in [0.5, 0.6) is 0 Å². The number of nitrogens with two attached hydrogens (primary N) is 1. The monoisotopic (exact) mass is 346 g/mol. The van der Waals surface area contributed by atoms with E-state index in [-0.39, 0.29) is 17.9 Å². The van der Waals surface area contributed by atoms with Crippen LogP contribution in [0.25, 0.3) is 10.8 Å². The Morgan fingerprint density at radius 2 is 1.81 bits per heavy atom. The second kappa shape index (κ2) is 6.16. The number of hydrogen-bond acceptors (Lipinski definition) is 2. The maximum atomic E-state index is 12.4. The third-order valence-electron chi connectivity index (χ3n) is 4.23. The third-order valence-corrected chi connectivity index (χ3v) is 4.72. The van der Waals surface area contributed by atoms with E-state index in [1.165, 1.54) is 0 Å². The summed E-state index contributed by atoms with van der Waals surface area (Å²) in [6, 6.07) is 12.1. The minimum Gasteiger partial charge on any atom is -0.327 e. The van der Waals surface area contributed by atoms with Crippen molar-refractivity contribution in [1.82, 2.24) is 0 Å². The second-order valence-electron chi connectivity index (χ2n) is 5.75. The fourth-order valence-electron chi connectivity index (χ4n) is 3.01. The molecule has 3 rings (SSSR count). The van der Waals surface area contributed by atoms with Gasteiger partial charge >= 0.3 is 0 Å². The smallest absolute Gasteiger partial charge is 0.229 e. The Labute approximate surface area is 133 Å². The van der Waals surface area contributed by atoms with Crippen molar-refractivity contribution in [3.05, 3.63) is 40.9 Å². The fraction of sp³-hybridized carbons (Fsp3) is 0.353. The maximum Gasteiger partial charge on any atom is 0.229 e. The number of nitrogens with one attached hydrogen (secondary N) is 1. The molecule has 3 nitrogen and oxygen atoms in total. The highest BCUT2D eigenvalue weighted by Gasteiger charge is 2.28. The molecule has 1 amide bonds. The van der Waals surface area contributed by atoms with Gasteiger partial charge in [0.2, 0.25) is 5.91 Å². The van der Waals surface area contributed by atoms with Crippen LogP contribution in [0.3, 0.4) is 0 Å². The van der Waals surface area contributed by atoms with Gasteiger partial charge in [0.05, 0.1) is 5.92 Å². The summed E-state index contributed by atoms with van der Waals surface area (Å²) in [5.41, 5.74) is 6.92. The SMILES string of the molecule is NC1CCCCC1C(=O)Nc1ccc2cc(Br)ccc2c1. The minimum absolute atomic E-state index is 0.00448. The van der Waals surface area contributed by atoms with E-state index in [9.17, 15) is 4.79 Å². The molecule has 0 heterocycles. The van der Waals surface area contributed by atoms with Crippen molar-refractivity contribution in [3.8, 4) is 0 Å². The van der Waals surface area contributed by atoms with E-state index in [0.717, 1.165) is 46.6 Å². The first kappa shape index (κ1) is 14.5. The second-order valence-corrected chi connectivity index (χ2v) is 6.67. The molecular weight excluding hydrogens is 328 g/mol. The highest BCUT2D eigenvalue weighted by molar-refractivity contribution is 9.10. The standard InChI is InChI=1S/C17H19BrN2O/c18-13-7-5-12-10-14(8-6-11(12)9-13)20-17(21)15-3-1-2-4-16(15)19/h5-10,15-16H,1-4,19H2,(H,20,21). The zero-order valence-corrected chi connectivity index (χ0v) is 13.4. The number of carbonyl (C=O) groups excluding carboxylic acids is 1. The molecule has 4 heteroatoms. The van der Waals surface area contributed by atoms with E-state index in [2.05, 4.69) is 27.3 Å². The molecule has 1 saturated carbocycles. The van der Waals surface area contributed by atoms with E-state index < -0.39 is 0 Å². The Balaban J connectivity index is 1.78. The molecule has 0 aromatic heterocycles. The lowest BCUT2D eigenvalue weighted by Crippen LogP contribution is -2.40. The van der Waals surface area contributed by atoms with Gasteiger partial charge in [0.25, 0.3) is 0 Å². The molecule has 0 aliphatic heterocycles. The highest BCUT2D eigenvalue weighted by atomic mass is 79.9. The van der Waals surface area contributed by atoms with E-state index in [1.54, 1.807) is 0 Å². The zero-order chi connectivity index (χ0) is 14.8. The van der Waals surface area contributed by atoms with Crippen molar-refractivity contribution in [2.24, 2.45) is 11.7 Å². The van der Waals surface area contributed by atoms with Crippen molar-refractivity contribution >= 4 is 38.3 Å². The number of hydrogen-bond donors (Lipinski definition) is 2. The van der Waals surface area contributed by atoms with Crippen LogP contribution in [0, 0.1) is 5.92 Å². The minimum atomic E-state index is -0.0561. The number of anilines is 1. The zero-order valence-electron chi connectivity index (χ0n) is 11.8. The summed E-state index contributed by atoms with van der Waals surface area (Å²) >= 11 is 3.47. The van der Waals surface area contributed by atoms with Crippen LogP contribution >= 0.6 is 15.9 Å². The van der Waals surface area contributed by atoms with Crippen LogP contribution in [0.4, 0.5) is 5.69 Å². The molecular formula is C17H19BrN2O. The van der Waals surface area contributed by atoms with Gasteiger partial charge in [0, 0.05) is 16.2 Å². The summed E-state index contributed by atoms with van der Waals surface area (Å²) in [5, 5.41) is 5.28. The Bertz CT molecular complexity index is 671. The average molecular weight is 347 g/mol. The van der Waals surface area contributed by atoms with Gasteiger partial charge in [0.1, 0.15) is 0 Å². The Hall–Kier alpha value is -1.39. The molecule has 1 aliphatic carbocycles. The summed E-state index contributed by atoms with van der Waals surface area (Å²) in [6.07, 6.45) is 4.07. The molecule has 3 N–H and O–H groups in total. The molecule has 2 atom stereocenters. The summed E-state index contributed by atoms with van der Waals surface area (Å²) in [4.78, 5) is 12.4. The predicted octanol–water partition coefficient (Wildman–Crippen LogP) is 4.06. The lowest BCUT2D eigenvalue weighted by molar-refractivity contribution is -0.121. The molecule has 1 fully saturated rings. The van der Waals surface area contributed by atoms with Crippen LogP contribution in [0.15, 0.2) is 40.9 Å². The molecule has 0 saturated heterocycles. The van der Waals surface area contributed by atoms with E-state index >= 15 is 0 Å². The first-order valence-electron chi connectivity index (χ1n) is 7.39. The van der Waals surface area contributed by atoms with Crippen LogP contribution in [-0.4, -0.2) is 11.9 Å². The van der Waals surface area contributed by atoms with Gasteiger partial charge in [-0.3, -0.25) is 4.79 Å². The Kier molecular flexibility index (Phi) is 4.27. The quantitative estimate of drug-likeness (QED) is 0.861. The Morgan fingerprint density at radius 1 is 1.10 bits per heavy atom. The lowest BCUT2D eigenvalue weighted by Gasteiger charge is -2.27. The van der Waals surface area contributed by atoms with Crippen LogP contribution in [0.1, 0.15) is 25.7 Å². The molecule has 1 aliphatic rings. The van der Waals surface area contributed by atoms with Crippen LogP contribution in [0.2, 0.25) is 0 Å². The average Bonchev–Trinajstić information content (AvgIpc) is 2.48. The molecule has 2 aromatic carbocycles. The maximum absolute atomic E-state index is 12.4. The topological polar surface area (TPSA) is 55.1 Å². The van der Waals surface area contributed by atoms with Crippen molar-refractivity contribution in [3.63, 3.8) is 0 Å². The number of rotatable bonds is 2. The first-order valence-corrected chi connectivity index (χ1v) is 8.18. The highest BCUT2D eigenvalue weighted by Crippen LogP contribution is 2.26. The number of benzene rings is 2. The van der Waals surface area contributed by atoms with E-state index in [1.807, 2.05) is 30.3 Å². The summed E-state index contributed by atoms with van der Waals surface area (Å²) in [5.74, 6) is -0.00183. The number of amides is 1. The van der Waals surface area contributed by atoms with Gasteiger partial charge in [-0.05, 0) is 47.9 Å². The van der Waals surface area contributed by atoms with Gasteiger partial charge < -0.3 is 11.1 Å². The fourth-order valence-corrected chi connectivity index (χ4v) is 3.39. The van der Waals surface area contributed by atoms with Crippen molar-refractivity contribution < 1.29 is 4.79 Å². The largest absolute Gasteiger partial charge is 0.327 e. The Morgan fingerprint density at radius 3 is 2.62 bits per heavy atom. The van der Waals surface area contributed by atoms with Crippen molar-refractivity contribution in [1.29, 1.82) is 0 Å². The molecule has 2 aromatic rings. The molecule has 0 radical (unpaired) electrons. The summed E-state index contributed by atoms with van der Waals surface area (Å²) in [7, 11) is 0. The molecule has 2 unspecified atom stereocenters. The molecule has 0 spiro atoms. The summed E-state index contributed by atoms with van der Waals surface area (Å²) < 4.78 is 1.06. The van der Waals surface area contributed by atoms with Gasteiger partial charge in [-0.2, -0.15) is 0 Å².